The molecule has 0 saturated heterocycles. The highest BCUT2D eigenvalue weighted by Crippen LogP contribution is 2.31. The Balaban J connectivity index is 1.42. The number of nitrogens with one attached hydrogen (secondary N) is 1. The Morgan fingerprint density at radius 2 is 1.67 bits per heavy atom. The highest BCUT2D eigenvalue weighted by molar-refractivity contribution is 5.99. The van der Waals surface area contributed by atoms with Crippen molar-refractivity contribution in [3.63, 3.8) is 0 Å². The molecule has 1 aromatic heterocycles. The largest absolute Gasteiger partial charge is 0.496 e. The van der Waals surface area contributed by atoms with Gasteiger partial charge in [-0.1, -0.05) is 19.1 Å². The Bertz CT molecular complexity index is 1590. The van der Waals surface area contributed by atoms with Crippen LogP contribution in [0.5, 0.6) is 5.75 Å². The summed E-state index contributed by atoms with van der Waals surface area (Å²) in [5.41, 5.74) is 1.34. The lowest BCUT2D eigenvalue weighted by atomic mass is 10.0. The number of halogens is 4. The molecule has 7 nitrogen and oxygen atoms in total. The average molecular weight is 581 g/mol. The van der Waals surface area contributed by atoms with Gasteiger partial charge in [0.15, 0.2) is 5.78 Å². The fourth-order valence-electron chi connectivity index (χ4n) is 4.32. The van der Waals surface area contributed by atoms with Gasteiger partial charge in [-0.25, -0.2) is 9.37 Å². The van der Waals surface area contributed by atoms with E-state index in [0.29, 0.717) is 46.8 Å². The van der Waals surface area contributed by atoms with E-state index in [2.05, 4.69) is 15.3 Å². The monoisotopic (exact) mass is 580 g/mol. The minimum Gasteiger partial charge on any atom is -0.496 e. The molecule has 3 aromatic carbocycles. The number of ketones is 2. The van der Waals surface area contributed by atoms with E-state index < -0.39 is 17.6 Å². The van der Waals surface area contributed by atoms with Crippen LogP contribution in [0.4, 0.5) is 40.7 Å². The van der Waals surface area contributed by atoms with Crippen LogP contribution in [-0.4, -0.2) is 35.7 Å². The molecule has 0 bridgehead atoms. The van der Waals surface area contributed by atoms with Crippen molar-refractivity contribution in [3.05, 3.63) is 101 Å². The number of anilines is 4. The van der Waals surface area contributed by atoms with Crippen molar-refractivity contribution in [1.82, 2.24) is 9.97 Å². The Morgan fingerprint density at radius 3 is 2.33 bits per heavy atom. The summed E-state index contributed by atoms with van der Waals surface area (Å²) >= 11 is 0. The molecule has 0 atom stereocenters. The smallest absolute Gasteiger partial charge is 0.416 e. The van der Waals surface area contributed by atoms with Gasteiger partial charge in [-0.15, -0.1) is 0 Å². The number of ether oxygens (including phenoxy) is 1. The van der Waals surface area contributed by atoms with Crippen LogP contribution in [0.15, 0.2) is 72.9 Å². The summed E-state index contributed by atoms with van der Waals surface area (Å²) in [6.07, 6.45) is -3.11. The summed E-state index contributed by atoms with van der Waals surface area (Å²) in [6, 6.07) is 16.0. The van der Waals surface area contributed by atoms with Gasteiger partial charge in [0.25, 0.3) is 0 Å². The molecular weight excluding hydrogens is 552 g/mol. The zero-order chi connectivity index (χ0) is 30.4. The van der Waals surface area contributed by atoms with Gasteiger partial charge in [0.05, 0.1) is 18.2 Å². The Kier molecular flexibility index (Phi) is 9.19. The van der Waals surface area contributed by atoms with Crippen molar-refractivity contribution in [2.24, 2.45) is 0 Å². The molecule has 4 aromatic rings. The lowest BCUT2D eigenvalue weighted by molar-refractivity contribution is -0.138. The van der Waals surface area contributed by atoms with E-state index in [1.165, 1.54) is 7.11 Å². The summed E-state index contributed by atoms with van der Waals surface area (Å²) in [5.74, 6) is -0.0721. The van der Waals surface area contributed by atoms with Crippen LogP contribution in [0.3, 0.4) is 0 Å². The molecular formula is C31H28F4N4O3. The fraction of sp³-hybridized carbons (Fsp3) is 0.226. The maximum absolute atomic E-state index is 13.7. The molecule has 0 unspecified atom stereocenters. The van der Waals surface area contributed by atoms with E-state index in [0.717, 1.165) is 17.8 Å². The van der Waals surface area contributed by atoms with Gasteiger partial charge in [0.2, 0.25) is 5.95 Å². The van der Waals surface area contributed by atoms with E-state index in [9.17, 15) is 27.2 Å². The third kappa shape index (κ3) is 7.48. The van der Waals surface area contributed by atoms with Crippen molar-refractivity contribution >= 4 is 34.7 Å². The van der Waals surface area contributed by atoms with Crippen LogP contribution in [0.25, 0.3) is 0 Å². The summed E-state index contributed by atoms with van der Waals surface area (Å²) in [5, 5.41) is 3.11. The van der Waals surface area contributed by atoms with Crippen LogP contribution in [0.1, 0.15) is 40.4 Å². The molecule has 0 amide bonds. The number of carbonyl (C=O) groups excluding carboxylic acids is 2. The molecule has 0 fully saturated rings. The number of benzene rings is 3. The number of methoxy groups -OCH3 is 1. The fourth-order valence-corrected chi connectivity index (χ4v) is 4.32. The second-order valence-electron chi connectivity index (χ2n) is 9.52. The SMILES string of the molecule is CCC(=O)c1cc(Nc2nccc(N(C)c3ccc(CC(=O)Cc4cc(F)cc(C(F)(F)F)c4)cc3)n2)ccc1OC. The Hall–Kier alpha value is -4.80. The minimum absolute atomic E-state index is 0.0200. The predicted molar refractivity (Wildman–Crippen MR) is 151 cm³/mol. The van der Waals surface area contributed by atoms with Crippen LogP contribution < -0.4 is 15.0 Å². The third-order valence-corrected chi connectivity index (χ3v) is 6.47. The molecule has 0 radical (unpaired) electrons. The summed E-state index contributed by atoms with van der Waals surface area (Å²) < 4.78 is 57.9. The van der Waals surface area contributed by atoms with E-state index in [1.807, 2.05) is 4.90 Å². The maximum Gasteiger partial charge on any atom is 0.416 e. The first-order valence-electron chi connectivity index (χ1n) is 13.0. The van der Waals surface area contributed by atoms with Crippen molar-refractivity contribution in [1.29, 1.82) is 0 Å². The molecule has 0 spiro atoms. The van der Waals surface area contributed by atoms with Gasteiger partial charge in [-0.2, -0.15) is 18.2 Å². The molecule has 218 valence electrons. The first-order chi connectivity index (χ1) is 20.0. The van der Waals surface area contributed by atoms with E-state index in [4.69, 9.17) is 4.74 Å². The normalized spacial score (nSPS) is 11.2. The number of rotatable bonds is 11. The standard InChI is InChI=1S/C31H28F4N4O3/c1-4-27(41)26-18-23(7-10-28(26)42-3)37-30-36-12-11-29(38-30)39(2)24-8-5-19(6-9-24)15-25(40)16-20-13-21(31(33,34)35)17-22(32)14-20/h5-14,17-18H,4,15-16H2,1-3H3,(H,36,37,38). The zero-order valence-electron chi connectivity index (χ0n) is 23.1. The number of nitrogens with zero attached hydrogens (tertiary/aromatic N) is 3. The number of Topliss-reactive ketones (excluding diaryl/α,β-unsaturated/α-hetero) is 2. The first kappa shape index (κ1) is 30.2. The van der Waals surface area contributed by atoms with Crippen molar-refractivity contribution in [2.45, 2.75) is 32.4 Å². The van der Waals surface area contributed by atoms with E-state index >= 15 is 0 Å². The molecule has 0 aliphatic heterocycles. The third-order valence-electron chi connectivity index (χ3n) is 6.47. The summed E-state index contributed by atoms with van der Waals surface area (Å²) in [6.45, 7) is 1.78. The number of alkyl halides is 3. The molecule has 0 aliphatic carbocycles. The Labute approximate surface area is 240 Å². The molecule has 4 rings (SSSR count). The molecule has 1 heterocycles. The molecule has 0 saturated carbocycles. The van der Waals surface area contributed by atoms with Gasteiger partial charge >= 0.3 is 6.18 Å². The molecule has 42 heavy (non-hydrogen) atoms. The van der Waals surface area contributed by atoms with Crippen molar-refractivity contribution in [2.75, 3.05) is 24.4 Å². The highest BCUT2D eigenvalue weighted by Gasteiger charge is 2.31. The summed E-state index contributed by atoms with van der Waals surface area (Å²) in [7, 11) is 3.31. The first-order valence-corrected chi connectivity index (χ1v) is 13.0. The number of hydrogen-bond donors (Lipinski definition) is 1. The minimum atomic E-state index is -4.70. The van der Waals surface area contributed by atoms with Gasteiger partial charge in [0, 0.05) is 43.9 Å². The maximum atomic E-state index is 13.7. The lowest BCUT2D eigenvalue weighted by Crippen LogP contribution is -2.13. The number of hydrogen-bond acceptors (Lipinski definition) is 7. The average Bonchev–Trinajstić information content (AvgIpc) is 2.96. The van der Waals surface area contributed by atoms with Gasteiger partial charge in [0.1, 0.15) is 23.2 Å². The predicted octanol–water partition coefficient (Wildman–Crippen LogP) is 7.10. The van der Waals surface area contributed by atoms with Gasteiger partial charge in [-0.05, 0) is 65.7 Å². The second-order valence-corrected chi connectivity index (χ2v) is 9.52. The summed E-state index contributed by atoms with van der Waals surface area (Å²) in [4.78, 5) is 35.5. The van der Waals surface area contributed by atoms with Crippen molar-refractivity contribution < 1.29 is 31.9 Å². The zero-order valence-corrected chi connectivity index (χ0v) is 23.1. The highest BCUT2D eigenvalue weighted by atomic mass is 19.4. The van der Waals surface area contributed by atoms with Crippen LogP contribution in [0.2, 0.25) is 0 Å². The Morgan fingerprint density at radius 1 is 0.952 bits per heavy atom. The van der Waals surface area contributed by atoms with Crippen LogP contribution in [0, 0.1) is 5.82 Å². The van der Waals surface area contributed by atoms with E-state index in [-0.39, 0.29) is 30.0 Å². The quantitative estimate of drug-likeness (QED) is 0.150. The molecule has 1 N–H and O–H groups in total. The van der Waals surface area contributed by atoms with E-state index in [1.54, 1.807) is 68.7 Å². The molecule has 0 aliphatic rings. The topological polar surface area (TPSA) is 84.4 Å². The lowest BCUT2D eigenvalue weighted by Gasteiger charge is -2.19. The number of aromatic nitrogens is 2. The van der Waals surface area contributed by atoms with Gasteiger partial charge in [-0.3, -0.25) is 9.59 Å². The van der Waals surface area contributed by atoms with Crippen LogP contribution in [-0.2, 0) is 23.8 Å². The number of carbonyl (C=O) groups is 2. The second kappa shape index (κ2) is 12.8. The van der Waals surface area contributed by atoms with Gasteiger partial charge < -0.3 is 15.0 Å². The van der Waals surface area contributed by atoms with Crippen molar-refractivity contribution in [3.8, 4) is 5.75 Å². The van der Waals surface area contributed by atoms with Crippen LogP contribution >= 0.6 is 0 Å². The molecule has 11 heteroatoms.